The van der Waals surface area contributed by atoms with Gasteiger partial charge >= 0.3 is 0 Å². The Kier molecular flexibility index (Phi) is 4.84. The number of sulfonamides is 1. The minimum absolute atomic E-state index is 0.0951. The third-order valence-electron chi connectivity index (χ3n) is 3.36. The Morgan fingerprint density at radius 3 is 2.75 bits per heavy atom. The lowest BCUT2D eigenvalue weighted by atomic mass is 10.3. The minimum Gasteiger partial charge on any atom is -0.396 e. The molecule has 0 radical (unpaired) electrons. The Labute approximate surface area is 127 Å². The minimum atomic E-state index is -3.95. The standard InChI is InChI=1S/C12H16ClFN2O2S2/c1-19-9-3-2-8(6-9)16-20(17,18)11-5-7(13)4-10(15)12(11)14/h4-5,8-9,16H,2-3,6,15H2,1H3. The molecule has 0 spiro atoms. The molecule has 8 heteroatoms. The molecule has 1 saturated carbocycles. The van der Waals surface area contributed by atoms with Crippen LogP contribution in [0.3, 0.4) is 0 Å². The quantitative estimate of drug-likeness (QED) is 0.828. The number of benzene rings is 1. The Morgan fingerprint density at radius 1 is 1.45 bits per heavy atom. The van der Waals surface area contributed by atoms with Gasteiger partial charge in [0.2, 0.25) is 10.0 Å². The average molecular weight is 339 g/mol. The van der Waals surface area contributed by atoms with Gasteiger partial charge in [0, 0.05) is 16.3 Å². The monoisotopic (exact) mass is 338 g/mol. The van der Waals surface area contributed by atoms with E-state index in [2.05, 4.69) is 4.72 Å². The second-order valence-electron chi connectivity index (χ2n) is 4.80. The van der Waals surface area contributed by atoms with E-state index in [0.717, 1.165) is 25.3 Å². The number of thioether (sulfide) groups is 1. The number of hydrogen-bond donors (Lipinski definition) is 2. The van der Waals surface area contributed by atoms with Gasteiger partial charge < -0.3 is 5.73 Å². The van der Waals surface area contributed by atoms with Gasteiger partial charge in [0.1, 0.15) is 4.90 Å². The SMILES string of the molecule is CSC1CCC(NS(=O)(=O)c2cc(Cl)cc(N)c2F)C1. The van der Waals surface area contributed by atoms with Gasteiger partial charge in [-0.2, -0.15) is 11.8 Å². The maximum Gasteiger partial charge on any atom is 0.243 e. The molecule has 1 aromatic rings. The maximum absolute atomic E-state index is 13.9. The van der Waals surface area contributed by atoms with Gasteiger partial charge in [0.05, 0.1) is 5.69 Å². The summed E-state index contributed by atoms with van der Waals surface area (Å²) in [5, 5.41) is 0.537. The van der Waals surface area contributed by atoms with Gasteiger partial charge in [-0.05, 0) is 37.7 Å². The van der Waals surface area contributed by atoms with Crippen LogP contribution in [-0.4, -0.2) is 26.0 Å². The van der Waals surface area contributed by atoms with Gasteiger partial charge in [-0.15, -0.1) is 0 Å². The molecule has 1 aromatic carbocycles. The lowest BCUT2D eigenvalue weighted by Gasteiger charge is -2.14. The Hall–Kier alpha value is -0.500. The Morgan fingerprint density at radius 2 is 2.15 bits per heavy atom. The van der Waals surface area contributed by atoms with E-state index in [1.165, 1.54) is 6.07 Å². The van der Waals surface area contributed by atoms with E-state index >= 15 is 0 Å². The molecule has 0 amide bonds. The summed E-state index contributed by atoms with van der Waals surface area (Å²) in [6.07, 6.45) is 4.45. The fraction of sp³-hybridized carbons (Fsp3) is 0.500. The van der Waals surface area contributed by atoms with Crippen LogP contribution in [0.5, 0.6) is 0 Å². The molecular formula is C12H16ClFN2O2S2. The Bertz CT molecular complexity index is 610. The third-order valence-corrected chi connectivity index (χ3v) is 6.19. The molecule has 0 aromatic heterocycles. The van der Waals surface area contributed by atoms with Crippen molar-refractivity contribution in [3.63, 3.8) is 0 Å². The van der Waals surface area contributed by atoms with Crippen molar-refractivity contribution >= 4 is 39.1 Å². The summed E-state index contributed by atoms with van der Waals surface area (Å²) >= 11 is 7.46. The van der Waals surface area contributed by atoms with E-state index in [9.17, 15) is 12.8 Å². The molecule has 0 aliphatic heterocycles. The molecule has 0 bridgehead atoms. The van der Waals surface area contributed by atoms with Crippen LogP contribution in [0.25, 0.3) is 0 Å². The zero-order chi connectivity index (χ0) is 14.9. The lowest BCUT2D eigenvalue weighted by Crippen LogP contribution is -2.33. The van der Waals surface area contributed by atoms with E-state index in [-0.39, 0.29) is 16.8 Å². The van der Waals surface area contributed by atoms with Gasteiger partial charge in [0.15, 0.2) is 5.82 Å². The first kappa shape index (κ1) is 15.9. The smallest absolute Gasteiger partial charge is 0.243 e. The molecule has 2 atom stereocenters. The topological polar surface area (TPSA) is 72.2 Å². The van der Waals surface area contributed by atoms with Crippen LogP contribution in [-0.2, 0) is 10.0 Å². The fourth-order valence-corrected chi connectivity index (χ4v) is 4.83. The summed E-state index contributed by atoms with van der Waals surface area (Å²) in [6, 6.07) is 2.10. The van der Waals surface area contributed by atoms with Crippen molar-refractivity contribution in [2.45, 2.75) is 35.4 Å². The molecule has 1 aliphatic rings. The predicted molar refractivity (Wildman–Crippen MR) is 81.1 cm³/mol. The molecular weight excluding hydrogens is 323 g/mol. The zero-order valence-electron chi connectivity index (χ0n) is 10.9. The number of hydrogen-bond acceptors (Lipinski definition) is 4. The highest BCUT2D eigenvalue weighted by molar-refractivity contribution is 7.99. The average Bonchev–Trinajstić information content (AvgIpc) is 2.80. The van der Waals surface area contributed by atoms with Crippen LogP contribution in [0, 0.1) is 5.82 Å². The van der Waals surface area contributed by atoms with Gasteiger partial charge in [-0.3, -0.25) is 0 Å². The summed E-state index contributed by atoms with van der Waals surface area (Å²) in [5.41, 5.74) is 5.14. The van der Waals surface area contributed by atoms with Crippen molar-refractivity contribution in [1.82, 2.24) is 4.72 Å². The summed E-state index contributed by atoms with van der Waals surface area (Å²) in [7, 11) is -3.95. The zero-order valence-corrected chi connectivity index (χ0v) is 13.3. The third kappa shape index (κ3) is 3.39. The first-order valence-electron chi connectivity index (χ1n) is 6.13. The van der Waals surface area contributed by atoms with Gasteiger partial charge in [-0.1, -0.05) is 11.6 Å². The van der Waals surface area contributed by atoms with E-state index in [4.69, 9.17) is 17.3 Å². The number of rotatable bonds is 4. The van der Waals surface area contributed by atoms with Gasteiger partial charge in [0.25, 0.3) is 0 Å². The van der Waals surface area contributed by atoms with Crippen LogP contribution in [0.4, 0.5) is 10.1 Å². The molecule has 0 saturated heterocycles. The second-order valence-corrected chi connectivity index (χ2v) is 8.05. The summed E-state index contributed by atoms with van der Waals surface area (Å²) in [4.78, 5) is -0.491. The second kappa shape index (κ2) is 6.09. The fourth-order valence-electron chi connectivity index (χ4n) is 2.32. The van der Waals surface area contributed by atoms with Crippen LogP contribution < -0.4 is 10.5 Å². The van der Waals surface area contributed by atoms with Crippen LogP contribution in [0.15, 0.2) is 17.0 Å². The molecule has 1 fully saturated rings. The van der Waals surface area contributed by atoms with E-state index in [1.807, 2.05) is 6.26 Å². The maximum atomic E-state index is 13.9. The lowest BCUT2D eigenvalue weighted by molar-refractivity contribution is 0.538. The van der Waals surface area contributed by atoms with Crippen molar-refractivity contribution in [2.75, 3.05) is 12.0 Å². The molecule has 20 heavy (non-hydrogen) atoms. The molecule has 4 nitrogen and oxygen atoms in total. The van der Waals surface area contributed by atoms with Crippen LogP contribution >= 0.6 is 23.4 Å². The number of nitrogen functional groups attached to an aromatic ring is 1. The molecule has 3 N–H and O–H groups in total. The van der Waals surface area contributed by atoms with Crippen molar-refractivity contribution in [1.29, 1.82) is 0 Å². The number of nitrogens with one attached hydrogen (secondary N) is 1. The summed E-state index contributed by atoms with van der Waals surface area (Å²) in [6.45, 7) is 0. The molecule has 112 valence electrons. The largest absolute Gasteiger partial charge is 0.396 e. The summed E-state index contributed by atoms with van der Waals surface area (Å²) < 4.78 is 40.9. The van der Waals surface area contributed by atoms with Gasteiger partial charge in [-0.25, -0.2) is 17.5 Å². The molecule has 2 rings (SSSR count). The van der Waals surface area contributed by atoms with Crippen LogP contribution in [0.1, 0.15) is 19.3 Å². The number of nitrogens with two attached hydrogens (primary N) is 1. The number of halogens is 2. The van der Waals surface area contributed by atoms with Crippen molar-refractivity contribution in [3.05, 3.63) is 23.0 Å². The van der Waals surface area contributed by atoms with Crippen molar-refractivity contribution in [2.24, 2.45) is 0 Å². The first-order chi connectivity index (χ1) is 9.33. The highest BCUT2D eigenvalue weighted by Crippen LogP contribution is 2.30. The van der Waals surface area contributed by atoms with Crippen LogP contribution in [0.2, 0.25) is 5.02 Å². The first-order valence-corrected chi connectivity index (χ1v) is 9.28. The molecule has 0 heterocycles. The Balaban J connectivity index is 2.23. The predicted octanol–water partition coefficient (Wildman–Crippen LogP) is 2.62. The molecule has 1 aliphatic carbocycles. The van der Waals surface area contributed by atoms with Crippen molar-refractivity contribution in [3.8, 4) is 0 Å². The molecule has 2 unspecified atom stereocenters. The normalized spacial score (nSPS) is 23.1. The highest BCUT2D eigenvalue weighted by Gasteiger charge is 2.30. The number of anilines is 1. The van der Waals surface area contributed by atoms with E-state index < -0.39 is 20.7 Å². The highest BCUT2D eigenvalue weighted by atomic mass is 35.5. The van der Waals surface area contributed by atoms with Crippen molar-refractivity contribution < 1.29 is 12.8 Å². The van der Waals surface area contributed by atoms with E-state index in [0.29, 0.717) is 5.25 Å². The van der Waals surface area contributed by atoms with E-state index in [1.54, 1.807) is 11.8 Å². The summed E-state index contributed by atoms with van der Waals surface area (Å²) in [5.74, 6) is -0.957.